The largest absolute Gasteiger partial charge is 0.504 e. The summed E-state index contributed by atoms with van der Waals surface area (Å²) < 4.78 is 20.6. The Hall–Kier alpha value is -4.59. The maximum Gasteiger partial charge on any atom is 0.255 e. The molecule has 13 heteroatoms. The number of phenolic OH excluding ortho intramolecular Hbond substituents is 2. The number of fused-ring (bicyclic) bond motifs is 1. The summed E-state index contributed by atoms with van der Waals surface area (Å²) in [5, 5.41) is 47.0. The Morgan fingerprint density at radius 2 is 1.87 bits per heavy atom. The van der Waals surface area contributed by atoms with Crippen molar-refractivity contribution < 1.29 is 34.3 Å². The maximum atomic E-state index is 13.3. The van der Waals surface area contributed by atoms with E-state index in [1.807, 2.05) is 0 Å². The van der Waals surface area contributed by atoms with Crippen LogP contribution < -0.4 is 10.6 Å². The van der Waals surface area contributed by atoms with Crippen LogP contribution in [-0.2, 0) is 4.74 Å². The lowest BCUT2D eigenvalue weighted by atomic mass is 10.0. The number of halogens is 1. The van der Waals surface area contributed by atoms with E-state index in [9.17, 15) is 29.6 Å². The Morgan fingerprint density at radius 3 is 2.62 bits per heavy atom. The summed E-state index contributed by atoms with van der Waals surface area (Å²) in [5.74, 6) is -1.70. The van der Waals surface area contributed by atoms with Gasteiger partial charge in [-0.3, -0.25) is 9.36 Å². The number of nitrogens with one attached hydrogen (secondary N) is 2. The topological polar surface area (TPSA) is 175 Å². The molecule has 1 aliphatic rings. The van der Waals surface area contributed by atoms with E-state index >= 15 is 0 Å². The van der Waals surface area contributed by atoms with E-state index in [1.54, 1.807) is 7.05 Å². The summed E-state index contributed by atoms with van der Waals surface area (Å²) in [4.78, 5) is 25.3. The molecule has 202 valence electrons. The molecule has 1 aliphatic heterocycles. The number of aliphatic hydroxyl groups excluding tert-OH is 2. The molecule has 2 aromatic heterocycles. The molecule has 1 saturated heterocycles. The van der Waals surface area contributed by atoms with Crippen LogP contribution in [0, 0.1) is 5.82 Å². The summed E-state index contributed by atoms with van der Waals surface area (Å²) in [7, 11) is 1.69. The summed E-state index contributed by atoms with van der Waals surface area (Å²) in [6.07, 6.45) is 1.38. The molecule has 1 fully saturated rings. The molecule has 4 atom stereocenters. The van der Waals surface area contributed by atoms with Crippen molar-refractivity contribution in [3.8, 4) is 22.6 Å². The molecule has 4 aromatic rings. The van der Waals surface area contributed by atoms with Gasteiger partial charge in [0.15, 0.2) is 29.2 Å². The van der Waals surface area contributed by atoms with Gasteiger partial charge < -0.3 is 35.8 Å². The van der Waals surface area contributed by atoms with Crippen molar-refractivity contribution in [1.82, 2.24) is 24.8 Å². The Bertz CT molecular complexity index is 1540. The van der Waals surface area contributed by atoms with E-state index < -0.39 is 47.8 Å². The number of aromatic hydroxyl groups is 2. The fourth-order valence-electron chi connectivity index (χ4n) is 4.35. The van der Waals surface area contributed by atoms with Gasteiger partial charge in [-0.2, -0.15) is 0 Å². The van der Waals surface area contributed by atoms with Crippen LogP contribution in [0.15, 0.2) is 61.2 Å². The third kappa shape index (κ3) is 4.97. The van der Waals surface area contributed by atoms with E-state index in [1.165, 1.54) is 65.8 Å². The Balaban J connectivity index is 1.26. The molecule has 0 spiro atoms. The number of anilines is 1. The van der Waals surface area contributed by atoms with Gasteiger partial charge in [0.05, 0.1) is 11.9 Å². The number of imidazole rings is 1. The van der Waals surface area contributed by atoms with Crippen LogP contribution in [-0.4, -0.2) is 77.8 Å². The molecule has 3 heterocycles. The lowest BCUT2D eigenvalue weighted by Crippen LogP contribution is -2.31. The smallest absolute Gasteiger partial charge is 0.255 e. The lowest BCUT2D eigenvalue weighted by Gasteiger charge is -2.16. The fourth-order valence-corrected chi connectivity index (χ4v) is 4.35. The summed E-state index contributed by atoms with van der Waals surface area (Å²) >= 11 is 0. The highest BCUT2D eigenvalue weighted by Gasteiger charge is 2.43. The van der Waals surface area contributed by atoms with Gasteiger partial charge in [-0.25, -0.2) is 19.3 Å². The predicted octanol–water partition coefficient (Wildman–Crippen LogP) is 1.69. The first kappa shape index (κ1) is 26.0. The number of carbonyl (C=O) groups excluding carboxylic acids is 1. The molecule has 1 amide bonds. The molecule has 5 rings (SSSR count). The highest BCUT2D eigenvalue weighted by molar-refractivity contribution is 5.99. The van der Waals surface area contributed by atoms with Crippen molar-refractivity contribution in [2.45, 2.75) is 24.5 Å². The number of benzene rings is 2. The molecule has 0 aliphatic carbocycles. The average molecular weight is 537 g/mol. The standard InChI is InChI=1S/C26H25FN6O6/c1-28-23-19-24(31-11-30-23)33(12-32-19)26-22(37)21(36)18(39-26)3-2-8-29-25(38)16-9-14(10-17(34)20(16)35)13-4-6-15(27)7-5-13/h2-7,9-12,18,21-22,26,34-37H,8H2,1H3,(H,29,38)(H,28,30,31)/b3-2-/t18-,21-,22-,26-/m1/s1. The normalized spacial score (nSPS) is 21.0. The van der Waals surface area contributed by atoms with Gasteiger partial charge in [-0.05, 0) is 35.4 Å². The second-order valence-electron chi connectivity index (χ2n) is 8.81. The van der Waals surface area contributed by atoms with Crippen LogP contribution in [0.4, 0.5) is 10.2 Å². The van der Waals surface area contributed by atoms with E-state index in [2.05, 4.69) is 25.6 Å². The first-order valence-corrected chi connectivity index (χ1v) is 11.9. The van der Waals surface area contributed by atoms with Crippen molar-refractivity contribution in [1.29, 1.82) is 0 Å². The third-order valence-corrected chi connectivity index (χ3v) is 6.36. The number of aliphatic hydroxyl groups is 2. The average Bonchev–Trinajstić information content (AvgIpc) is 3.49. The SMILES string of the molecule is CNc1ncnc2c1ncn2[C@@H]1O[C@H](/C=C\CNC(=O)c2cc(-c3ccc(F)cc3)cc(O)c2O)[C@@H](O)[C@H]1O. The minimum Gasteiger partial charge on any atom is -0.504 e. The van der Waals surface area contributed by atoms with E-state index in [4.69, 9.17) is 4.74 Å². The van der Waals surface area contributed by atoms with Crippen LogP contribution in [0.25, 0.3) is 22.3 Å². The fraction of sp³-hybridized carbons (Fsp3) is 0.231. The summed E-state index contributed by atoms with van der Waals surface area (Å²) in [6, 6.07) is 8.11. The maximum absolute atomic E-state index is 13.3. The van der Waals surface area contributed by atoms with Crippen molar-refractivity contribution >= 4 is 22.9 Å². The zero-order chi connectivity index (χ0) is 27.7. The molecule has 6 N–H and O–H groups in total. The van der Waals surface area contributed by atoms with Gasteiger partial charge in [0.25, 0.3) is 5.91 Å². The zero-order valence-electron chi connectivity index (χ0n) is 20.6. The number of hydrogen-bond donors (Lipinski definition) is 6. The van der Waals surface area contributed by atoms with Crippen LogP contribution in [0.5, 0.6) is 11.5 Å². The highest BCUT2D eigenvalue weighted by Crippen LogP contribution is 2.35. The van der Waals surface area contributed by atoms with Gasteiger partial charge in [-0.15, -0.1) is 0 Å². The number of nitrogens with zero attached hydrogens (tertiary/aromatic N) is 4. The molecule has 0 bridgehead atoms. The molecule has 0 saturated carbocycles. The van der Waals surface area contributed by atoms with Crippen LogP contribution in [0.2, 0.25) is 0 Å². The number of carbonyl (C=O) groups is 1. The molecular weight excluding hydrogens is 511 g/mol. The van der Waals surface area contributed by atoms with Gasteiger partial charge in [-0.1, -0.05) is 24.3 Å². The van der Waals surface area contributed by atoms with Gasteiger partial charge in [0, 0.05) is 13.6 Å². The molecule has 39 heavy (non-hydrogen) atoms. The molecule has 2 aromatic carbocycles. The van der Waals surface area contributed by atoms with Gasteiger partial charge >= 0.3 is 0 Å². The van der Waals surface area contributed by atoms with Crippen LogP contribution in [0.3, 0.4) is 0 Å². The quantitative estimate of drug-likeness (QED) is 0.151. The second kappa shape index (κ2) is 10.6. The minimum absolute atomic E-state index is 0.0140. The first-order valence-electron chi connectivity index (χ1n) is 11.9. The predicted molar refractivity (Wildman–Crippen MR) is 137 cm³/mol. The van der Waals surface area contributed by atoms with Crippen LogP contribution >= 0.6 is 0 Å². The number of phenols is 2. The van der Waals surface area contributed by atoms with Crippen molar-refractivity contribution in [3.05, 3.63) is 72.6 Å². The van der Waals surface area contributed by atoms with E-state index in [0.29, 0.717) is 28.1 Å². The number of ether oxygens (including phenoxy) is 1. The number of aromatic nitrogens is 4. The molecule has 12 nitrogen and oxygen atoms in total. The summed E-state index contributed by atoms with van der Waals surface area (Å²) in [6.45, 7) is -0.0140. The molecular formula is C26H25FN6O6. The second-order valence-corrected chi connectivity index (χ2v) is 8.81. The van der Waals surface area contributed by atoms with Crippen molar-refractivity contribution in [2.75, 3.05) is 18.9 Å². The zero-order valence-corrected chi connectivity index (χ0v) is 20.6. The van der Waals surface area contributed by atoms with E-state index in [0.717, 1.165) is 0 Å². The van der Waals surface area contributed by atoms with Gasteiger partial charge in [0.1, 0.15) is 36.0 Å². The lowest BCUT2D eigenvalue weighted by molar-refractivity contribution is -0.0245. The monoisotopic (exact) mass is 536 g/mol. The third-order valence-electron chi connectivity index (χ3n) is 6.36. The number of amides is 1. The minimum atomic E-state index is -1.28. The Labute approximate surface area is 221 Å². The van der Waals surface area contributed by atoms with Crippen molar-refractivity contribution in [2.24, 2.45) is 0 Å². The Morgan fingerprint density at radius 1 is 1.10 bits per heavy atom. The van der Waals surface area contributed by atoms with Crippen LogP contribution in [0.1, 0.15) is 16.6 Å². The molecule has 0 unspecified atom stereocenters. The number of rotatable bonds is 7. The molecule has 0 radical (unpaired) electrons. The van der Waals surface area contributed by atoms with Crippen molar-refractivity contribution in [3.63, 3.8) is 0 Å². The first-order chi connectivity index (χ1) is 18.8. The van der Waals surface area contributed by atoms with Gasteiger partial charge in [0.2, 0.25) is 0 Å². The highest BCUT2D eigenvalue weighted by atomic mass is 19.1. The van der Waals surface area contributed by atoms with E-state index in [-0.39, 0.29) is 12.1 Å². The summed E-state index contributed by atoms with van der Waals surface area (Å²) in [5.41, 5.74) is 1.66. The Kier molecular flexibility index (Phi) is 7.11. The number of hydrogen-bond acceptors (Lipinski definition) is 10.